The Morgan fingerprint density at radius 2 is 1.77 bits per heavy atom. The number of carbonyl (C=O) groups excluding carboxylic acids is 4. The SMILES string of the molecule is CC(=O)OC[C@@]1(C)[C@H](C(=O)OC(C)(C)OC(C)=O)N2C(=O)C[C@H]2S1(=O)=O. The van der Waals surface area contributed by atoms with Gasteiger partial charge in [0.05, 0.1) is 6.42 Å². The van der Waals surface area contributed by atoms with E-state index in [1.165, 1.54) is 20.8 Å². The van der Waals surface area contributed by atoms with Crippen LogP contribution in [0.2, 0.25) is 0 Å². The number of β-lactam (4-membered cyclic amide) rings is 1. The normalized spacial score (nSPS) is 29.4. The van der Waals surface area contributed by atoms with Gasteiger partial charge in [0.25, 0.3) is 5.79 Å². The lowest BCUT2D eigenvalue weighted by Gasteiger charge is -2.37. The van der Waals surface area contributed by atoms with E-state index in [0.717, 1.165) is 18.7 Å². The Bertz CT molecular complexity index is 772. The lowest BCUT2D eigenvalue weighted by atomic mass is 9.97. The van der Waals surface area contributed by atoms with Gasteiger partial charge in [0.1, 0.15) is 16.7 Å². The molecule has 2 aliphatic rings. The van der Waals surface area contributed by atoms with Crippen molar-refractivity contribution in [3.63, 3.8) is 0 Å². The average molecular weight is 391 g/mol. The minimum Gasteiger partial charge on any atom is -0.464 e. The summed E-state index contributed by atoms with van der Waals surface area (Å²) in [5, 5.41) is -1.18. The van der Waals surface area contributed by atoms with Crippen molar-refractivity contribution in [3.05, 3.63) is 0 Å². The Balaban J connectivity index is 2.38. The van der Waals surface area contributed by atoms with E-state index < -0.39 is 62.2 Å². The molecule has 2 saturated heterocycles. The molecular weight excluding hydrogens is 370 g/mol. The lowest BCUT2D eigenvalue weighted by Crippen LogP contribution is -2.59. The summed E-state index contributed by atoms with van der Waals surface area (Å²) in [5.74, 6) is -4.69. The summed E-state index contributed by atoms with van der Waals surface area (Å²) in [6.07, 6.45) is -0.255. The van der Waals surface area contributed by atoms with E-state index in [2.05, 4.69) is 0 Å². The van der Waals surface area contributed by atoms with Gasteiger partial charge < -0.3 is 19.1 Å². The summed E-state index contributed by atoms with van der Waals surface area (Å²) >= 11 is 0. The second kappa shape index (κ2) is 6.22. The molecule has 3 atom stereocenters. The van der Waals surface area contributed by atoms with E-state index in [1.807, 2.05) is 0 Å². The highest BCUT2D eigenvalue weighted by Gasteiger charge is 2.71. The van der Waals surface area contributed by atoms with Gasteiger partial charge in [-0.2, -0.15) is 0 Å². The number of nitrogens with zero attached hydrogens (tertiary/aromatic N) is 1. The number of ether oxygens (including phenoxy) is 3. The highest BCUT2D eigenvalue weighted by Crippen LogP contribution is 2.46. The Labute approximate surface area is 150 Å². The van der Waals surface area contributed by atoms with Crippen LogP contribution in [-0.4, -0.2) is 65.7 Å². The molecule has 2 heterocycles. The third kappa shape index (κ3) is 3.15. The first-order valence-electron chi connectivity index (χ1n) is 7.83. The molecular formula is C15H21NO9S. The molecule has 0 aliphatic carbocycles. The highest BCUT2D eigenvalue weighted by molar-refractivity contribution is 7.94. The first kappa shape index (κ1) is 20.1. The van der Waals surface area contributed by atoms with Crippen LogP contribution < -0.4 is 0 Å². The van der Waals surface area contributed by atoms with E-state index in [4.69, 9.17) is 14.2 Å². The predicted octanol–water partition coefficient (Wildman–Crippen LogP) is -0.494. The second-order valence-corrected chi connectivity index (χ2v) is 9.48. The van der Waals surface area contributed by atoms with Crippen LogP contribution >= 0.6 is 0 Å². The Kier molecular flexibility index (Phi) is 4.82. The van der Waals surface area contributed by atoms with Crippen LogP contribution in [0.15, 0.2) is 0 Å². The smallest absolute Gasteiger partial charge is 0.333 e. The number of rotatable bonds is 5. The van der Waals surface area contributed by atoms with Crippen molar-refractivity contribution in [2.45, 2.75) is 63.0 Å². The van der Waals surface area contributed by atoms with Gasteiger partial charge >= 0.3 is 17.9 Å². The van der Waals surface area contributed by atoms with Crippen molar-refractivity contribution in [1.82, 2.24) is 4.90 Å². The molecule has 1 amide bonds. The number of fused-ring (bicyclic) bond motifs is 1. The monoisotopic (exact) mass is 391 g/mol. The van der Waals surface area contributed by atoms with Crippen molar-refractivity contribution in [1.29, 1.82) is 0 Å². The molecule has 0 N–H and O–H groups in total. The predicted molar refractivity (Wildman–Crippen MR) is 84.9 cm³/mol. The van der Waals surface area contributed by atoms with Crippen LogP contribution in [0.4, 0.5) is 0 Å². The number of amides is 1. The first-order chi connectivity index (χ1) is 11.7. The number of hydrogen-bond acceptors (Lipinski definition) is 9. The summed E-state index contributed by atoms with van der Waals surface area (Å²) in [6.45, 7) is 5.43. The quantitative estimate of drug-likeness (QED) is 0.345. The summed E-state index contributed by atoms with van der Waals surface area (Å²) in [6, 6.07) is -1.52. The van der Waals surface area contributed by atoms with Crippen molar-refractivity contribution in [2.24, 2.45) is 0 Å². The molecule has 146 valence electrons. The van der Waals surface area contributed by atoms with Crippen LogP contribution in [0.3, 0.4) is 0 Å². The third-order valence-corrected chi connectivity index (χ3v) is 7.08. The molecule has 2 rings (SSSR count). The first-order valence-corrected chi connectivity index (χ1v) is 9.38. The summed E-state index contributed by atoms with van der Waals surface area (Å²) in [5.41, 5.74) is 0. The molecule has 2 fully saturated rings. The standard InChI is InChI=1S/C15H21NO9S/c1-8(17)23-7-15(5)12(13(20)25-14(3,4)24-9(2)18)16-10(19)6-11(16)26(15,21)22/h11-12H,6-7H2,1-5H3/t11-,12+,15+/m1/s1. The van der Waals surface area contributed by atoms with Gasteiger partial charge in [-0.25, -0.2) is 13.2 Å². The van der Waals surface area contributed by atoms with Crippen LogP contribution in [0.25, 0.3) is 0 Å². The largest absolute Gasteiger partial charge is 0.464 e. The van der Waals surface area contributed by atoms with Gasteiger partial charge in [-0.15, -0.1) is 0 Å². The van der Waals surface area contributed by atoms with Gasteiger partial charge in [0, 0.05) is 27.7 Å². The molecule has 0 radical (unpaired) electrons. The van der Waals surface area contributed by atoms with Gasteiger partial charge in [0.2, 0.25) is 5.91 Å². The highest BCUT2D eigenvalue weighted by atomic mass is 32.2. The third-order valence-electron chi connectivity index (χ3n) is 4.33. The molecule has 2 aliphatic heterocycles. The maximum atomic E-state index is 12.8. The van der Waals surface area contributed by atoms with E-state index in [1.54, 1.807) is 0 Å². The number of esters is 3. The van der Waals surface area contributed by atoms with Crippen molar-refractivity contribution in [3.8, 4) is 0 Å². The summed E-state index contributed by atoms with van der Waals surface area (Å²) < 4.78 is 38.6. The molecule has 10 nitrogen and oxygen atoms in total. The molecule has 26 heavy (non-hydrogen) atoms. The molecule has 0 unspecified atom stereocenters. The Morgan fingerprint density at radius 1 is 1.19 bits per heavy atom. The van der Waals surface area contributed by atoms with Crippen LogP contribution in [0, 0.1) is 0 Å². The zero-order chi connectivity index (χ0) is 20.1. The van der Waals surface area contributed by atoms with Crippen molar-refractivity contribution in [2.75, 3.05) is 6.61 Å². The fourth-order valence-corrected chi connectivity index (χ4v) is 5.43. The fraction of sp³-hybridized carbons (Fsp3) is 0.733. The number of hydrogen-bond donors (Lipinski definition) is 0. The zero-order valence-electron chi connectivity index (χ0n) is 15.1. The van der Waals surface area contributed by atoms with E-state index in [-0.39, 0.29) is 6.42 Å². The van der Waals surface area contributed by atoms with Gasteiger partial charge in [0.15, 0.2) is 15.9 Å². The van der Waals surface area contributed by atoms with E-state index >= 15 is 0 Å². The van der Waals surface area contributed by atoms with E-state index in [9.17, 15) is 27.6 Å². The van der Waals surface area contributed by atoms with Gasteiger partial charge in [-0.1, -0.05) is 0 Å². The maximum Gasteiger partial charge on any atom is 0.333 e. The van der Waals surface area contributed by atoms with Crippen LogP contribution in [0.5, 0.6) is 0 Å². The van der Waals surface area contributed by atoms with Crippen molar-refractivity contribution < 1.29 is 41.8 Å². The molecule has 0 spiro atoms. The Morgan fingerprint density at radius 3 is 2.23 bits per heavy atom. The number of sulfone groups is 1. The Hall–Kier alpha value is -2.17. The molecule has 11 heteroatoms. The minimum absolute atomic E-state index is 0.255. The maximum absolute atomic E-state index is 12.8. The van der Waals surface area contributed by atoms with E-state index in [0.29, 0.717) is 0 Å². The fourth-order valence-electron chi connectivity index (χ4n) is 3.17. The van der Waals surface area contributed by atoms with Crippen LogP contribution in [-0.2, 0) is 43.2 Å². The average Bonchev–Trinajstić information content (AvgIpc) is 2.58. The molecule has 0 saturated carbocycles. The zero-order valence-corrected chi connectivity index (χ0v) is 15.9. The molecule has 0 aromatic rings. The number of carbonyl (C=O) groups is 4. The lowest BCUT2D eigenvalue weighted by molar-refractivity contribution is -0.220. The molecule has 0 aromatic heterocycles. The summed E-state index contributed by atoms with van der Waals surface area (Å²) in [4.78, 5) is 47.9. The van der Waals surface area contributed by atoms with Gasteiger partial charge in [-0.05, 0) is 6.92 Å². The second-order valence-electron chi connectivity index (χ2n) is 6.91. The topological polar surface area (TPSA) is 133 Å². The molecule has 0 aromatic carbocycles. The minimum atomic E-state index is -4.01. The van der Waals surface area contributed by atoms with Crippen LogP contribution in [0.1, 0.15) is 41.0 Å². The molecule has 0 bridgehead atoms. The van der Waals surface area contributed by atoms with Gasteiger partial charge in [-0.3, -0.25) is 14.4 Å². The summed E-state index contributed by atoms with van der Waals surface area (Å²) in [7, 11) is -4.01. The van der Waals surface area contributed by atoms with Crippen molar-refractivity contribution >= 4 is 33.7 Å².